The predicted octanol–water partition coefficient (Wildman–Crippen LogP) is 2.31. The van der Waals surface area contributed by atoms with E-state index in [1.54, 1.807) is 12.1 Å². The van der Waals surface area contributed by atoms with Crippen molar-refractivity contribution in [1.82, 2.24) is 9.80 Å². The average Bonchev–Trinajstić information content (AvgIpc) is 2.38. The smallest absolute Gasteiger partial charge is 0.328 e. The number of benzene rings is 1. The van der Waals surface area contributed by atoms with Crippen molar-refractivity contribution in [1.29, 1.82) is 0 Å². The van der Waals surface area contributed by atoms with Crippen LogP contribution in [0, 0.1) is 5.82 Å². The summed E-state index contributed by atoms with van der Waals surface area (Å²) < 4.78 is 14.0. The first-order chi connectivity index (χ1) is 9.88. The third-order valence-electron chi connectivity index (χ3n) is 3.08. The molecule has 1 rings (SSSR count). The van der Waals surface area contributed by atoms with E-state index in [0.29, 0.717) is 17.7 Å². The topological polar surface area (TPSA) is 43.8 Å². The molecule has 0 bridgehead atoms. The average molecular weight is 294 g/mol. The van der Waals surface area contributed by atoms with Gasteiger partial charge in [0.2, 0.25) is 0 Å². The predicted molar refractivity (Wildman–Crippen MR) is 82.6 cm³/mol. The van der Waals surface area contributed by atoms with E-state index >= 15 is 0 Å². The van der Waals surface area contributed by atoms with Crippen molar-refractivity contribution in [2.45, 2.75) is 13.0 Å². The van der Waals surface area contributed by atoms with E-state index in [0.717, 1.165) is 25.6 Å². The van der Waals surface area contributed by atoms with Crippen LogP contribution >= 0.6 is 0 Å². The molecule has 0 aromatic heterocycles. The first-order valence-corrected chi connectivity index (χ1v) is 6.91. The lowest BCUT2D eigenvalue weighted by atomic mass is 10.1. The molecule has 1 aromatic rings. The minimum absolute atomic E-state index is 0.304. The fraction of sp³-hybridized carbons (Fsp3) is 0.438. The molecular weight excluding hydrogens is 271 g/mol. The number of carboxylic acid groups (broad SMARTS) is 1. The van der Waals surface area contributed by atoms with E-state index in [-0.39, 0.29) is 5.82 Å². The molecule has 0 amide bonds. The molecule has 116 valence electrons. The van der Waals surface area contributed by atoms with Crippen molar-refractivity contribution in [3.05, 3.63) is 41.2 Å². The number of nitrogens with zero attached hydrogens (tertiary/aromatic N) is 2. The lowest BCUT2D eigenvalue weighted by Crippen LogP contribution is -2.23. The molecule has 5 heteroatoms. The Morgan fingerprint density at radius 2 is 2.00 bits per heavy atom. The zero-order valence-electron chi connectivity index (χ0n) is 12.8. The minimum atomic E-state index is -1.04. The Labute approximate surface area is 125 Å². The van der Waals surface area contributed by atoms with Crippen LogP contribution in [0.3, 0.4) is 0 Å². The Hall–Kier alpha value is -1.72. The molecule has 0 aliphatic carbocycles. The molecule has 1 N–H and O–H groups in total. The number of hydrogen-bond donors (Lipinski definition) is 1. The Bertz CT molecular complexity index is 501. The van der Waals surface area contributed by atoms with Crippen LogP contribution in [-0.4, -0.2) is 55.1 Å². The summed E-state index contributed by atoms with van der Waals surface area (Å²) in [7, 11) is 6.03. The fourth-order valence-corrected chi connectivity index (χ4v) is 1.99. The zero-order chi connectivity index (χ0) is 15.8. The first-order valence-electron chi connectivity index (χ1n) is 6.91. The van der Waals surface area contributed by atoms with Gasteiger partial charge in [0.1, 0.15) is 5.82 Å². The van der Waals surface area contributed by atoms with Gasteiger partial charge in [-0.25, -0.2) is 9.18 Å². The maximum Gasteiger partial charge on any atom is 0.328 e. The third-order valence-corrected chi connectivity index (χ3v) is 3.08. The molecule has 0 spiro atoms. The van der Waals surface area contributed by atoms with Crippen LogP contribution in [0.2, 0.25) is 0 Å². The van der Waals surface area contributed by atoms with E-state index in [2.05, 4.69) is 9.80 Å². The minimum Gasteiger partial charge on any atom is -0.478 e. The molecule has 4 nitrogen and oxygen atoms in total. The van der Waals surface area contributed by atoms with Crippen LogP contribution < -0.4 is 0 Å². The summed E-state index contributed by atoms with van der Waals surface area (Å²) in [5.41, 5.74) is 1.17. The second-order valence-electron chi connectivity index (χ2n) is 5.42. The molecule has 21 heavy (non-hydrogen) atoms. The molecule has 0 heterocycles. The van der Waals surface area contributed by atoms with Gasteiger partial charge in [-0.2, -0.15) is 0 Å². The molecular formula is C16H23FN2O2. The van der Waals surface area contributed by atoms with Gasteiger partial charge in [-0.15, -0.1) is 0 Å². The molecule has 0 aliphatic rings. The number of rotatable bonds is 8. The Kier molecular flexibility index (Phi) is 7.05. The fourth-order valence-electron chi connectivity index (χ4n) is 1.99. The van der Waals surface area contributed by atoms with Crippen molar-refractivity contribution in [3.8, 4) is 0 Å². The van der Waals surface area contributed by atoms with E-state index < -0.39 is 5.97 Å². The second kappa shape index (κ2) is 8.54. The normalized spacial score (nSPS) is 11.7. The molecule has 0 saturated carbocycles. The van der Waals surface area contributed by atoms with Gasteiger partial charge in [-0.3, -0.25) is 0 Å². The number of halogens is 1. The Morgan fingerprint density at radius 1 is 1.29 bits per heavy atom. The van der Waals surface area contributed by atoms with E-state index in [4.69, 9.17) is 5.11 Å². The van der Waals surface area contributed by atoms with Gasteiger partial charge in [-0.1, -0.05) is 12.1 Å². The number of aliphatic carboxylic acids is 1. The summed E-state index contributed by atoms with van der Waals surface area (Å²) in [6.07, 6.45) is 3.42. The summed E-state index contributed by atoms with van der Waals surface area (Å²) in [6.45, 7) is 2.45. The van der Waals surface area contributed by atoms with Gasteiger partial charge >= 0.3 is 5.97 Å². The summed E-state index contributed by atoms with van der Waals surface area (Å²) in [4.78, 5) is 14.6. The van der Waals surface area contributed by atoms with Crippen molar-refractivity contribution >= 4 is 12.0 Å². The van der Waals surface area contributed by atoms with Crippen LogP contribution in [-0.2, 0) is 11.3 Å². The molecule has 0 atom stereocenters. The van der Waals surface area contributed by atoms with Crippen LogP contribution in [0.4, 0.5) is 4.39 Å². The van der Waals surface area contributed by atoms with Crippen molar-refractivity contribution in [2.24, 2.45) is 0 Å². The summed E-state index contributed by atoms with van der Waals surface area (Å²) >= 11 is 0. The zero-order valence-corrected chi connectivity index (χ0v) is 12.8. The molecule has 0 unspecified atom stereocenters. The van der Waals surface area contributed by atoms with Gasteiger partial charge < -0.3 is 14.9 Å². The van der Waals surface area contributed by atoms with Crippen molar-refractivity contribution < 1.29 is 14.3 Å². The largest absolute Gasteiger partial charge is 0.478 e. The third kappa shape index (κ3) is 7.02. The summed E-state index contributed by atoms with van der Waals surface area (Å²) in [5.74, 6) is -1.35. The lowest BCUT2D eigenvalue weighted by molar-refractivity contribution is -0.131. The first kappa shape index (κ1) is 17.3. The molecule has 0 saturated heterocycles. The number of carboxylic acids is 1. The molecule has 0 radical (unpaired) electrons. The van der Waals surface area contributed by atoms with E-state index in [1.165, 1.54) is 12.1 Å². The lowest BCUT2D eigenvalue weighted by Gasteiger charge is -2.18. The van der Waals surface area contributed by atoms with E-state index in [9.17, 15) is 9.18 Å². The highest BCUT2D eigenvalue weighted by Crippen LogP contribution is 2.13. The van der Waals surface area contributed by atoms with E-state index in [1.807, 2.05) is 21.1 Å². The highest BCUT2D eigenvalue weighted by Gasteiger charge is 2.06. The van der Waals surface area contributed by atoms with Crippen LogP contribution in [0.15, 0.2) is 24.3 Å². The van der Waals surface area contributed by atoms with Crippen LogP contribution in [0.5, 0.6) is 0 Å². The number of carbonyl (C=O) groups is 1. The highest BCUT2D eigenvalue weighted by atomic mass is 19.1. The van der Waals surface area contributed by atoms with Gasteiger partial charge in [0, 0.05) is 18.2 Å². The SMILES string of the molecule is CN(C)CCCN(C)Cc1ccc(C=CC(=O)O)cc1F. The quantitative estimate of drug-likeness (QED) is 0.747. The standard InChI is InChI=1S/C16H23FN2O2/c1-18(2)9-4-10-19(3)12-14-7-5-13(11-15(14)17)6-8-16(20)21/h5-8,11H,4,9-10,12H2,1-3H3,(H,20,21). The van der Waals surface area contributed by atoms with Crippen molar-refractivity contribution in [2.75, 3.05) is 34.2 Å². The highest BCUT2D eigenvalue weighted by molar-refractivity contribution is 5.85. The van der Waals surface area contributed by atoms with Crippen LogP contribution in [0.25, 0.3) is 6.08 Å². The van der Waals surface area contributed by atoms with Gasteiger partial charge in [0.05, 0.1) is 0 Å². The van der Waals surface area contributed by atoms with Crippen LogP contribution in [0.1, 0.15) is 17.5 Å². The Balaban J connectivity index is 2.57. The van der Waals surface area contributed by atoms with Gasteiger partial charge in [0.25, 0.3) is 0 Å². The number of hydrogen-bond acceptors (Lipinski definition) is 3. The van der Waals surface area contributed by atoms with Gasteiger partial charge in [0.15, 0.2) is 0 Å². The molecule has 0 aliphatic heterocycles. The molecule has 1 aromatic carbocycles. The van der Waals surface area contributed by atoms with Crippen molar-refractivity contribution in [3.63, 3.8) is 0 Å². The summed E-state index contributed by atoms with van der Waals surface area (Å²) in [6, 6.07) is 4.80. The van der Waals surface area contributed by atoms with Gasteiger partial charge in [-0.05, 0) is 58.4 Å². The Morgan fingerprint density at radius 3 is 2.57 bits per heavy atom. The maximum atomic E-state index is 14.0. The summed E-state index contributed by atoms with van der Waals surface area (Å²) in [5, 5.41) is 8.55. The second-order valence-corrected chi connectivity index (χ2v) is 5.42. The monoisotopic (exact) mass is 294 g/mol. The maximum absolute atomic E-state index is 14.0. The molecule has 0 fully saturated rings.